The van der Waals surface area contributed by atoms with Gasteiger partial charge in [0.05, 0.1) is 4.90 Å². The normalized spacial score (nSPS) is 12.1. The summed E-state index contributed by atoms with van der Waals surface area (Å²) in [6, 6.07) is 13.4. The maximum Gasteiger partial charge on any atom is 0.252 e. The average molecular weight is 481 g/mol. The van der Waals surface area contributed by atoms with E-state index < -0.39 is 10.0 Å². The van der Waals surface area contributed by atoms with E-state index in [0.29, 0.717) is 21.6 Å². The predicted octanol–water partition coefficient (Wildman–Crippen LogP) is 5.52. The van der Waals surface area contributed by atoms with Crippen molar-refractivity contribution in [1.82, 2.24) is 9.29 Å². The Morgan fingerprint density at radius 1 is 0.879 bits per heavy atom. The van der Waals surface area contributed by atoms with Gasteiger partial charge in [-0.3, -0.25) is 4.79 Å². The molecule has 2 aromatic carbocycles. The number of rotatable bonds is 6. The molecule has 0 saturated heterocycles. The van der Waals surface area contributed by atoms with Crippen LogP contribution in [-0.4, -0.2) is 17.7 Å². The third-order valence-electron chi connectivity index (χ3n) is 6.00. The van der Waals surface area contributed by atoms with Gasteiger partial charge in [0.25, 0.3) is 5.56 Å². The summed E-state index contributed by atoms with van der Waals surface area (Å²) in [6.45, 7) is 9.83. The van der Waals surface area contributed by atoms with Crippen LogP contribution < -0.4 is 5.56 Å². The smallest absolute Gasteiger partial charge is 0.252 e. The first-order chi connectivity index (χ1) is 15.6. The van der Waals surface area contributed by atoms with Crippen LogP contribution in [0.1, 0.15) is 38.3 Å². The number of benzene rings is 2. The molecule has 5 nitrogen and oxygen atoms in total. The first-order valence-electron chi connectivity index (χ1n) is 10.8. The van der Waals surface area contributed by atoms with E-state index in [-0.39, 0.29) is 18.6 Å². The molecule has 0 aliphatic carbocycles. The summed E-state index contributed by atoms with van der Waals surface area (Å²) >= 11 is 1.50. The van der Waals surface area contributed by atoms with E-state index in [1.54, 1.807) is 0 Å². The standard InChI is InChI=1S/C26H28N2O3S2/c1-16-9-19(4)25(20(5)10-16)33(30,31)28(15-23-7-6-8-32-23)14-22-13-21-11-17(2)18(3)12-24(21)27-26(22)29/h6-13H,14-15H2,1-5H3,(H,27,29). The van der Waals surface area contributed by atoms with Crippen LogP contribution in [0.3, 0.4) is 0 Å². The molecule has 0 saturated carbocycles. The Morgan fingerprint density at radius 3 is 2.18 bits per heavy atom. The highest BCUT2D eigenvalue weighted by atomic mass is 32.2. The minimum atomic E-state index is -3.85. The molecule has 0 spiro atoms. The zero-order valence-corrected chi connectivity index (χ0v) is 21.2. The Kier molecular flexibility index (Phi) is 6.31. The molecule has 2 heterocycles. The van der Waals surface area contributed by atoms with Crippen LogP contribution in [0.5, 0.6) is 0 Å². The van der Waals surface area contributed by atoms with Gasteiger partial charge in [-0.1, -0.05) is 23.8 Å². The summed E-state index contributed by atoms with van der Waals surface area (Å²) < 4.78 is 29.2. The fraction of sp³-hybridized carbons (Fsp3) is 0.269. The molecule has 172 valence electrons. The first-order valence-corrected chi connectivity index (χ1v) is 13.1. The molecule has 4 aromatic rings. The van der Waals surface area contributed by atoms with Crippen molar-refractivity contribution < 1.29 is 8.42 Å². The molecule has 0 amide bonds. The second kappa shape index (κ2) is 8.89. The van der Waals surface area contributed by atoms with E-state index in [2.05, 4.69) is 4.98 Å². The molecular formula is C26H28N2O3S2. The second-order valence-corrected chi connectivity index (χ2v) is 11.6. The van der Waals surface area contributed by atoms with Crippen molar-refractivity contribution >= 4 is 32.3 Å². The number of aryl methyl sites for hydroxylation is 5. The van der Waals surface area contributed by atoms with Crippen LogP contribution in [0, 0.1) is 34.6 Å². The lowest BCUT2D eigenvalue weighted by atomic mass is 10.1. The van der Waals surface area contributed by atoms with E-state index in [9.17, 15) is 13.2 Å². The molecule has 0 fully saturated rings. The number of hydrogen-bond acceptors (Lipinski definition) is 4. The number of nitrogens with one attached hydrogen (secondary N) is 1. The van der Waals surface area contributed by atoms with E-state index >= 15 is 0 Å². The summed E-state index contributed by atoms with van der Waals surface area (Å²) in [5.74, 6) is 0. The van der Waals surface area contributed by atoms with Crippen molar-refractivity contribution in [3.63, 3.8) is 0 Å². The van der Waals surface area contributed by atoms with Crippen molar-refractivity contribution in [2.75, 3.05) is 0 Å². The highest BCUT2D eigenvalue weighted by molar-refractivity contribution is 7.89. The molecule has 0 aliphatic heterocycles. The second-order valence-electron chi connectivity index (χ2n) is 8.73. The summed E-state index contributed by atoms with van der Waals surface area (Å²) in [5, 5.41) is 2.82. The van der Waals surface area contributed by atoms with E-state index in [4.69, 9.17) is 0 Å². The molecular weight excluding hydrogens is 452 g/mol. The maximum atomic E-state index is 13.9. The van der Waals surface area contributed by atoms with Gasteiger partial charge in [0.15, 0.2) is 0 Å². The number of nitrogens with zero attached hydrogens (tertiary/aromatic N) is 1. The fourth-order valence-electron chi connectivity index (χ4n) is 4.33. The Hall–Kier alpha value is -2.74. The van der Waals surface area contributed by atoms with Crippen LogP contribution in [0.15, 0.2) is 57.5 Å². The Morgan fingerprint density at radius 2 is 1.55 bits per heavy atom. The minimum absolute atomic E-state index is 0.00874. The summed E-state index contributed by atoms with van der Waals surface area (Å²) in [6.07, 6.45) is 0. The molecule has 0 radical (unpaired) electrons. The Labute approximate surface area is 198 Å². The van der Waals surface area contributed by atoms with Crippen molar-refractivity contribution in [2.45, 2.75) is 52.6 Å². The predicted molar refractivity (Wildman–Crippen MR) is 135 cm³/mol. The Bertz CT molecular complexity index is 1480. The van der Waals surface area contributed by atoms with Gasteiger partial charge in [0, 0.05) is 29.0 Å². The average Bonchev–Trinajstić information content (AvgIpc) is 3.21. The molecule has 0 bridgehead atoms. The van der Waals surface area contributed by atoms with Crippen molar-refractivity contribution in [2.24, 2.45) is 0 Å². The minimum Gasteiger partial charge on any atom is -0.322 e. The number of aromatic nitrogens is 1. The van der Waals surface area contributed by atoms with E-state index in [1.807, 2.05) is 82.5 Å². The lowest BCUT2D eigenvalue weighted by Gasteiger charge is -2.24. The van der Waals surface area contributed by atoms with Crippen molar-refractivity contribution in [1.29, 1.82) is 0 Å². The number of fused-ring (bicyclic) bond motifs is 1. The van der Waals surface area contributed by atoms with Crippen LogP contribution in [-0.2, 0) is 23.1 Å². The third kappa shape index (κ3) is 4.67. The molecule has 4 rings (SSSR count). The molecule has 2 aromatic heterocycles. The first kappa shape index (κ1) is 23.4. The number of hydrogen-bond donors (Lipinski definition) is 1. The molecule has 0 aliphatic rings. The zero-order valence-electron chi connectivity index (χ0n) is 19.5. The summed E-state index contributed by atoms with van der Waals surface area (Å²) in [5.41, 5.74) is 5.56. The maximum absolute atomic E-state index is 13.9. The molecule has 7 heteroatoms. The highest BCUT2D eigenvalue weighted by Gasteiger charge is 2.29. The monoisotopic (exact) mass is 480 g/mol. The van der Waals surface area contributed by atoms with Gasteiger partial charge in [-0.05, 0) is 91.9 Å². The number of H-pyrrole nitrogens is 1. The number of sulfonamides is 1. The summed E-state index contributed by atoms with van der Waals surface area (Å²) in [4.78, 5) is 17.1. The largest absolute Gasteiger partial charge is 0.322 e. The van der Waals surface area contributed by atoms with Crippen molar-refractivity contribution in [3.05, 3.63) is 96.5 Å². The topological polar surface area (TPSA) is 70.2 Å². The van der Waals surface area contributed by atoms with Gasteiger partial charge in [-0.15, -0.1) is 11.3 Å². The SMILES string of the molecule is Cc1cc(C)c(S(=O)(=O)N(Cc2cccs2)Cc2cc3cc(C)c(C)cc3[nH]c2=O)c(C)c1. The quantitative estimate of drug-likeness (QED) is 0.395. The van der Waals surface area contributed by atoms with Crippen LogP contribution in [0.4, 0.5) is 0 Å². The number of aromatic amines is 1. The van der Waals surface area contributed by atoms with Crippen molar-refractivity contribution in [3.8, 4) is 0 Å². The molecule has 1 N–H and O–H groups in total. The summed E-state index contributed by atoms with van der Waals surface area (Å²) in [7, 11) is -3.85. The van der Waals surface area contributed by atoms with Gasteiger partial charge in [-0.25, -0.2) is 8.42 Å². The van der Waals surface area contributed by atoms with E-state index in [1.165, 1.54) is 15.6 Å². The van der Waals surface area contributed by atoms with Crippen LogP contribution in [0.2, 0.25) is 0 Å². The number of pyridine rings is 1. The zero-order chi connectivity index (χ0) is 23.9. The lowest BCUT2D eigenvalue weighted by molar-refractivity contribution is 0.402. The molecule has 0 unspecified atom stereocenters. The highest BCUT2D eigenvalue weighted by Crippen LogP contribution is 2.28. The van der Waals surface area contributed by atoms with Gasteiger partial charge < -0.3 is 4.98 Å². The Balaban J connectivity index is 1.83. The lowest BCUT2D eigenvalue weighted by Crippen LogP contribution is -2.33. The van der Waals surface area contributed by atoms with Gasteiger partial charge in [0.1, 0.15) is 0 Å². The van der Waals surface area contributed by atoms with Gasteiger partial charge in [0.2, 0.25) is 10.0 Å². The van der Waals surface area contributed by atoms with Crippen LogP contribution in [0.25, 0.3) is 10.9 Å². The van der Waals surface area contributed by atoms with Gasteiger partial charge in [-0.2, -0.15) is 4.31 Å². The third-order valence-corrected chi connectivity index (χ3v) is 8.96. The molecule has 33 heavy (non-hydrogen) atoms. The van der Waals surface area contributed by atoms with E-state index in [0.717, 1.165) is 32.5 Å². The molecule has 0 atom stereocenters. The van der Waals surface area contributed by atoms with Crippen LogP contribution >= 0.6 is 11.3 Å². The fourth-order valence-corrected chi connectivity index (χ4v) is 6.94. The van der Waals surface area contributed by atoms with Gasteiger partial charge >= 0.3 is 0 Å². The number of thiophene rings is 1.